The van der Waals surface area contributed by atoms with Gasteiger partial charge in [-0.05, 0) is 37.1 Å². The largest absolute Gasteiger partial charge is 0.466 e. The molecule has 0 fully saturated rings. The average molecular weight is 379 g/mol. The van der Waals surface area contributed by atoms with E-state index in [9.17, 15) is 22.8 Å². The molecular weight excluding hydrogens is 359 g/mol. The van der Waals surface area contributed by atoms with Crippen LogP contribution in [0, 0.1) is 5.92 Å². The number of hydrogen-bond acceptors (Lipinski definition) is 3. The molecule has 0 saturated carbocycles. The SMILES string of the molecule is CCOC(=O)C(CNC(=O)c1cccc(C(F)(F)F)c1)Cc1ccccc1. The highest BCUT2D eigenvalue weighted by molar-refractivity contribution is 5.94. The summed E-state index contributed by atoms with van der Waals surface area (Å²) in [6.45, 7) is 1.84. The van der Waals surface area contributed by atoms with Crippen LogP contribution in [-0.4, -0.2) is 25.0 Å². The lowest BCUT2D eigenvalue weighted by Gasteiger charge is -2.17. The topological polar surface area (TPSA) is 55.4 Å². The number of amides is 1. The molecule has 0 aliphatic heterocycles. The average Bonchev–Trinajstić information content (AvgIpc) is 2.65. The second-order valence-corrected chi connectivity index (χ2v) is 5.93. The minimum atomic E-state index is -4.53. The van der Waals surface area contributed by atoms with Crippen molar-refractivity contribution < 1.29 is 27.5 Å². The van der Waals surface area contributed by atoms with E-state index in [4.69, 9.17) is 4.74 Å². The first-order chi connectivity index (χ1) is 12.8. The maximum Gasteiger partial charge on any atom is 0.416 e. The van der Waals surface area contributed by atoms with E-state index < -0.39 is 29.5 Å². The van der Waals surface area contributed by atoms with E-state index in [1.165, 1.54) is 12.1 Å². The van der Waals surface area contributed by atoms with Crippen molar-refractivity contribution in [3.63, 3.8) is 0 Å². The van der Waals surface area contributed by atoms with Crippen LogP contribution in [0.4, 0.5) is 13.2 Å². The van der Waals surface area contributed by atoms with Gasteiger partial charge in [0.1, 0.15) is 0 Å². The molecule has 0 aliphatic rings. The molecule has 2 rings (SSSR count). The van der Waals surface area contributed by atoms with Crippen LogP contribution in [0.3, 0.4) is 0 Å². The quantitative estimate of drug-likeness (QED) is 0.744. The molecule has 0 aliphatic carbocycles. The number of carbonyl (C=O) groups excluding carboxylic acids is 2. The Morgan fingerprint density at radius 3 is 2.41 bits per heavy atom. The monoisotopic (exact) mass is 379 g/mol. The van der Waals surface area contributed by atoms with Crippen molar-refractivity contribution in [3.8, 4) is 0 Å². The summed E-state index contributed by atoms with van der Waals surface area (Å²) < 4.78 is 43.4. The summed E-state index contributed by atoms with van der Waals surface area (Å²) in [4.78, 5) is 24.4. The van der Waals surface area contributed by atoms with Gasteiger partial charge in [0.2, 0.25) is 0 Å². The summed E-state index contributed by atoms with van der Waals surface area (Å²) in [5.74, 6) is -1.78. The fourth-order valence-electron chi connectivity index (χ4n) is 2.55. The van der Waals surface area contributed by atoms with E-state index in [0.717, 1.165) is 17.7 Å². The lowest BCUT2D eigenvalue weighted by atomic mass is 9.99. The molecule has 0 heterocycles. The van der Waals surface area contributed by atoms with Crippen LogP contribution in [0.5, 0.6) is 0 Å². The molecular formula is C20H20F3NO3. The Labute approximate surface area is 155 Å². The number of ether oxygens (including phenoxy) is 1. The number of carbonyl (C=O) groups is 2. The number of alkyl halides is 3. The number of rotatable bonds is 7. The van der Waals surface area contributed by atoms with E-state index in [0.29, 0.717) is 6.42 Å². The number of esters is 1. The molecule has 7 heteroatoms. The third kappa shape index (κ3) is 6.13. The Morgan fingerprint density at radius 1 is 1.07 bits per heavy atom. The summed E-state index contributed by atoms with van der Waals surface area (Å²) in [5, 5.41) is 2.53. The smallest absolute Gasteiger partial charge is 0.416 e. The number of hydrogen-bond donors (Lipinski definition) is 1. The lowest BCUT2D eigenvalue weighted by molar-refractivity contribution is -0.147. The molecule has 1 amide bonds. The first-order valence-electron chi connectivity index (χ1n) is 8.47. The fourth-order valence-corrected chi connectivity index (χ4v) is 2.55. The maximum atomic E-state index is 12.8. The van der Waals surface area contributed by atoms with Crippen molar-refractivity contribution in [1.82, 2.24) is 5.32 Å². The van der Waals surface area contributed by atoms with Crippen molar-refractivity contribution in [3.05, 3.63) is 71.3 Å². The zero-order valence-corrected chi connectivity index (χ0v) is 14.8. The van der Waals surface area contributed by atoms with E-state index in [2.05, 4.69) is 5.32 Å². The van der Waals surface area contributed by atoms with Gasteiger partial charge in [0.15, 0.2) is 0 Å². The highest BCUT2D eigenvalue weighted by Gasteiger charge is 2.31. The van der Waals surface area contributed by atoms with Gasteiger partial charge in [-0.25, -0.2) is 0 Å². The molecule has 4 nitrogen and oxygen atoms in total. The first-order valence-corrected chi connectivity index (χ1v) is 8.47. The van der Waals surface area contributed by atoms with Crippen molar-refractivity contribution in [2.75, 3.05) is 13.2 Å². The highest BCUT2D eigenvalue weighted by Crippen LogP contribution is 2.29. The van der Waals surface area contributed by atoms with Crippen LogP contribution in [0.15, 0.2) is 54.6 Å². The second-order valence-electron chi connectivity index (χ2n) is 5.93. The maximum absolute atomic E-state index is 12.8. The van der Waals surface area contributed by atoms with E-state index in [1.807, 2.05) is 30.3 Å². The van der Waals surface area contributed by atoms with Crippen LogP contribution in [0.2, 0.25) is 0 Å². The summed E-state index contributed by atoms with van der Waals surface area (Å²) in [6.07, 6.45) is -4.18. The summed E-state index contributed by atoms with van der Waals surface area (Å²) >= 11 is 0. The molecule has 1 atom stereocenters. The third-order valence-electron chi connectivity index (χ3n) is 3.91. The van der Waals surface area contributed by atoms with Crippen molar-refractivity contribution in [1.29, 1.82) is 0 Å². The highest BCUT2D eigenvalue weighted by atomic mass is 19.4. The lowest BCUT2D eigenvalue weighted by Crippen LogP contribution is -2.35. The Hall–Kier alpha value is -2.83. The van der Waals surface area contributed by atoms with Gasteiger partial charge >= 0.3 is 12.1 Å². The molecule has 2 aromatic rings. The first kappa shape index (κ1) is 20.5. The van der Waals surface area contributed by atoms with Crippen LogP contribution in [0.1, 0.15) is 28.4 Å². The predicted molar refractivity (Wildman–Crippen MR) is 94.0 cm³/mol. The standard InChI is InChI=1S/C20H20F3NO3/c1-2-27-19(26)16(11-14-7-4-3-5-8-14)13-24-18(25)15-9-6-10-17(12-15)20(21,22)23/h3-10,12,16H,2,11,13H2,1H3,(H,24,25). The van der Waals surface area contributed by atoms with Crippen LogP contribution >= 0.6 is 0 Å². The second kappa shape index (κ2) is 9.21. The molecule has 1 N–H and O–H groups in total. The number of benzene rings is 2. The van der Waals surface area contributed by atoms with Gasteiger partial charge in [-0.15, -0.1) is 0 Å². The summed E-state index contributed by atoms with van der Waals surface area (Å²) in [7, 11) is 0. The van der Waals surface area contributed by atoms with Crippen LogP contribution in [-0.2, 0) is 22.1 Å². The molecule has 144 valence electrons. The molecule has 0 spiro atoms. The van der Waals surface area contributed by atoms with Crippen molar-refractivity contribution in [2.24, 2.45) is 5.92 Å². The molecule has 0 bridgehead atoms. The molecule has 1 unspecified atom stereocenters. The van der Waals surface area contributed by atoms with Gasteiger partial charge < -0.3 is 10.1 Å². The van der Waals surface area contributed by atoms with Gasteiger partial charge in [0.05, 0.1) is 18.1 Å². The molecule has 0 aromatic heterocycles. The molecule has 0 saturated heterocycles. The Morgan fingerprint density at radius 2 is 1.78 bits per heavy atom. The van der Waals surface area contributed by atoms with Gasteiger partial charge in [0.25, 0.3) is 5.91 Å². The fraction of sp³-hybridized carbons (Fsp3) is 0.300. The minimum absolute atomic E-state index is 0.0389. The zero-order valence-electron chi connectivity index (χ0n) is 14.8. The van der Waals surface area contributed by atoms with Gasteiger partial charge in [-0.3, -0.25) is 9.59 Å². The van der Waals surface area contributed by atoms with E-state index in [-0.39, 0.29) is 18.7 Å². The summed E-state index contributed by atoms with van der Waals surface area (Å²) in [5.41, 5.74) is -0.127. The van der Waals surface area contributed by atoms with Gasteiger partial charge in [-0.1, -0.05) is 36.4 Å². The number of halogens is 3. The Kier molecular flexibility index (Phi) is 6.98. The predicted octanol–water partition coefficient (Wildman–Crippen LogP) is 3.86. The van der Waals surface area contributed by atoms with Crippen LogP contribution < -0.4 is 5.32 Å². The number of nitrogens with one attached hydrogen (secondary N) is 1. The summed E-state index contributed by atoms with van der Waals surface area (Å²) in [6, 6.07) is 13.3. The van der Waals surface area contributed by atoms with E-state index in [1.54, 1.807) is 6.92 Å². The van der Waals surface area contributed by atoms with Crippen molar-refractivity contribution in [2.45, 2.75) is 19.5 Å². The van der Waals surface area contributed by atoms with Crippen molar-refractivity contribution >= 4 is 11.9 Å². The molecule has 0 radical (unpaired) electrons. The van der Waals surface area contributed by atoms with Gasteiger partial charge in [0, 0.05) is 12.1 Å². The zero-order chi connectivity index (χ0) is 19.9. The van der Waals surface area contributed by atoms with Gasteiger partial charge in [-0.2, -0.15) is 13.2 Å². The molecule has 2 aromatic carbocycles. The minimum Gasteiger partial charge on any atom is -0.466 e. The molecule has 27 heavy (non-hydrogen) atoms. The third-order valence-corrected chi connectivity index (χ3v) is 3.91. The van der Waals surface area contributed by atoms with Crippen LogP contribution in [0.25, 0.3) is 0 Å². The van der Waals surface area contributed by atoms with E-state index >= 15 is 0 Å². The Balaban J connectivity index is 2.07. The normalized spacial score (nSPS) is 12.3. The Bertz CT molecular complexity index is 776.